The monoisotopic (exact) mass is 317 g/mol. The normalized spacial score (nSPS) is 19.9. The summed E-state index contributed by atoms with van der Waals surface area (Å²) in [6.07, 6.45) is 0. The van der Waals surface area contributed by atoms with Crippen LogP contribution in [0.15, 0.2) is 18.2 Å². The van der Waals surface area contributed by atoms with Crippen molar-refractivity contribution in [2.75, 3.05) is 63.9 Å². The highest BCUT2D eigenvalue weighted by Gasteiger charge is 2.24. The van der Waals surface area contributed by atoms with Crippen molar-refractivity contribution in [3.8, 4) is 0 Å². The molecule has 0 saturated carbocycles. The van der Waals surface area contributed by atoms with E-state index in [1.807, 2.05) is 4.90 Å². The summed E-state index contributed by atoms with van der Waals surface area (Å²) in [5.41, 5.74) is 3.99. The number of carbonyl (C=O) groups is 1. The predicted molar refractivity (Wildman–Crippen MR) is 92.0 cm³/mol. The molecule has 2 heterocycles. The van der Waals surface area contributed by atoms with Crippen LogP contribution in [0.25, 0.3) is 0 Å². The zero-order chi connectivity index (χ0) is 16.2. The first-order chi connectivity index (χ1) is 11.1. The van der Waals surface area contributed by atoms with Gasteiger partial charge in [0, 0.05) is 45.0 Å². The number of amides is 1. The highest BCUT2D eigenvalue weighted by atomic mass is 16.5. The first-order valence-corrected chi connectivity index (χ1v) is 8.54. The van der Waals surface area contributed by atoms with Gasteiger partial charge in [-0.3, -0.25) is 9.69 Å². The summed E-state index contributed by atoms with van der Waals surface area (Å²) in [4.78, 5) is 19.1. The minimum absolute atomic E-state index is 0.257. The van der Waals surface area contributed by atoms with Crippen LogP contribution in [0.5, 0.6) is 0 Å². The van der Waals surface area contributed by atoms with Crippen LogP contribution in [-0.2, 0) is 9.53 Å². The molecule has 2 aliphatic rings. The first kappa shape index (κ1) is 16.3. The maximum atomic E-state index is 12.5. The number of piperazine rings is 1. The van der Waals surface area contributed by atoms with Gasteiger partial charge in [0.1, 0.15) is 0 Å². The van der Waals surface area contributed by atoms with E-state index in [-0.39, 0.29) is 5.91 Å². The fourth-order valence-corrected chi connectivity index (χ4v) is 3.33. The van der Waals surface area contributed by atoms with Crippen molar-refractivity contribution >= 4 is 11.6 Å². The Morgan fingerprint density at radius 2 is 1.74 bits per heavy atom. The number of ether oxygens (including phenoxy) is 1. The molecule has 0 radical (unpaired) electrons. The number of carbonyl (C=O) groups excluding carboxylic acids is 1. The Kier molecular flexibility index (Phi) is 5.18. The van der Waals surface area contributed by atoms with E-state index in [2.05, 4.69) is 41.8 Å². The second kappa shape index (κ2) is 7.32. The number of nitrogens with zero attached hydrogens (tertiary/aromatic N) is 3. The van der Waals surface area contributed by atoms with Crippen molar-refractivity contribution < 1.29 is 9.53 Å². The zero-order valence-electron chi connectivity index (χ0n) is 14.3. The van der Waals surface area contributed by atoms with Gasteiger partial charge >= 0.3 is 0 Å². The van der Waals surface area contributed by atoms with Crippen molar-refractivity contribution in [1.29, 1.82) is 0 Å². The Balaban J connectivity index is 1.53. The summed E-state index contributed by atoms with van der Waals surface area (Å²) in [6.45, 7) is 11.6. The lowest BCUT2D eigenvalue weighted by Gasteiger charge is -2.38. The van der Waals surface area contributed by atoms with Crippen LogP contribution in [0.1, 0.15) is 11.1 Å². The smallest absolute Gasteiger partial charge is 0.236 e. The van der Waals surface area contributed by atoms with E-state index in [1.54, 1.807) is 0 Å². The lowest BCUT2D eigenvalue weighted by Crippen LogP contribution is -2.52. The van der Waals surface area contributed by atoms with Gasteiger partial charge in [-0.1, -0.05) is 12.1 Å². The molecule has 2 fully saturated rings. The zero-order valence-corrected chi connectivity index (χ0v) is 14.3. The van der Waals surface area contributed by atoms with Gasteiger partial charge in [0.05, 0.1) is 19.8 Å². The fourth-order valence-electron chi connectivity index (χ4n) is 3.33. The molecular formula is C18H27N3O2. The van der Waals surface area contributed by atoms with E-state index in [9.17, 15) is 4.79 Å². The summed E-state index contributed by atoms with van der Waals surface area (Å²) in [6, 6.07) is 6.46. The molecule has 0 spiro atoms. The Hall–Kier alpha value is -1.59. The largest absolute Gasteiger partial charge is 0.379 e. The van der Waals surface area contributed by atoms with Crippen LogP contribution >= 0.6 is 0 Å². The average molecular weight is 317 g/mol. The second-order valence-corrected chi connectivity index (χ2v) is 6.48. The molecule has 2 saturated heterocycles. The maximum Gasteiger partial charge on any atom is 0.236 e. The molecule has 1 aromatic rings. The van der Waals surface area contributed by atoms with Gasteiger partial charge in [-0.25, -0.2) is 0 Å². The van der Waals surface area contributed by atoms with Crippen molar-refractivity contribution in [2.45, 2.75) is 13.8 Å². The lowest BCUT2D eigenvalue weighted by molar-refractivity contribution is -0.133. The molecule has 0 aromatic heterocycles. The number of hydrogen-bond donors (Lipinski definition) is 0. The molecular weight excluding hydrogens is 290 g/mol. The van der Waals surface area contributed by atoms with Crippen LogP contribution < -0.4 is 4.90 Å². The minimum Gasteiger partial charge on any atom is -0.379 e. The van der Waals surface area contributed by atoms with Crippen molar-refractivity contribution in [1.82, 2.24) is 9.80 Å². The molecule has 1 aromatic carbocycles. The lowest BCUT2D eigenvalue weighted by atomic mass is 10.1. The van der Waals surface area contributed by atoms with E-state index in [0.717, 1.165) is 52.5 Å². The van der Waals surface area contributed by atoms with Crippen molar-refractivity contribution in [3.05, 3.63) is 29.3 Å². The van der Waals surface area contributed by atoms with Gasteiger partial charge in [-0.05, 0) is 31.0 Å². The van der Waals surface area contributed by atoms with Crippen LogP contribution in [0.3, 0.4) is 0 Å². The summed E-state index contributed by atoms with van der Waals surface area (Å²) >= 11 is 0. The summed E-state index contributed by atoms with van der Waals surface area (Å²) in [5.74, 6) is 0.257. The topological polar surface area (TPSA) is 36.0 Å². The second-order valence-electron chi connectivity index (χ2n) is 6.48. The highest BCUT2D eigenvalue weighted by Crippen LogP contribution is 2.23. The SMILES string of the molecule is Cc1cccc(N2CCN(C(=O)CN3CCOCC3)CC2)c1C. The third-order valence-electron chi connectivity index (χ3n) is 5.01. The molecule has 23 heavy (non-hydrogen) atoms. The van der Waals surface area contributed by atoms with Gasteiger partial charge in [-0.15, -0.1) is 0 Å². The number of rotatable bonds is 3. The fraction of sp³-hybridized carbons (Fsp3) is 0.611. The number of morpholine rings is 1. The van der Waals surface area contributed by atoms with E-state index in [4.69, 9.17) is 4.74 Å². The molecule has 3 rings (SSSR count). The number of benzene rings is 1. The molecule has 0 N–H and O–H groups in total. The Morgan fingerprint density at radius 1 is 1.04 bits per heavy atom. The molecule has 0 aliphatic carbocycles. The van der Waals surface area contributed by atoms with Crippen molar-refractivity contribution in [3.63, 3.8) is 0 Å². The van der Waals surface area contributed by atoms with Crippen LogP contribution in [0, 0.1) is 13.8 Å². The molecule has 0 bridgehead atoms. The molecule has 1 amide bonds. The van der Waals surface area contributed by atoms with Crippen LogP contribution in [0.4, 0.5) is 5.69 Å². The van der Waals surface area contributed by atoms with E-state index in [1.165, 1.54) is 16.8 Å². The minimum atomic E-state index is 0.257. The summed E-state index contributed by atoms with van der Waals surface area (Å²) < 4.78 is 5.34. The summed E-state index contributed by atoms with van der Waals surface area (Å²) in [7, 11) is 0. The molecule has 5 heteroatoms. The van der Waals surface area contributed by atoms with Gasteiger partial charge in [0.2, 0.25) is 5.91 Å². The molecule has 0 unspecified atom stereocenters. The van der Waals surface area contributed by atoms with Gasteiger partial charge in [0.25, 0.3) is 0 Å². The maximum absolute atomic E-state index is 12.5. The predicted octanol–water partition coefficient (Wildman–Crippen LogP) is 1.28. The number of hydrogen-bond acceptors (Lipinski definition) is 4. The Labute approximate surface area is 138 Å². The quantitative estimate of drug-likeness (QED) is 0.841. The van der Waals surface area contributed by atoms with E-state index < -0.39 is 0 Å². The standard InChI is InChI=1S/C18H27N3O2/c1-15-4-3-5-17(16(15)2)20-6-8-21(9-7-20)18(22)14-19-10-12-23-13-11-19/h3-5H,6-14H2,1-2H3. The van der Waals surface area contributed by atoms with E-state index >= 15 is 0 Å². The summed E-state index contributed by atoms with van der Waals surface area (Å²) in [5, 5.41) is 0. The Bertz CT molecular complexity index is 547. The average Bonchev–Trinajstić information content (AvgIpc) is 2.58. The number of anilines is 1. The van der Waals surface area contributed by atoms with Crippen LogP contribution in [-0.4, -0.2) is 74.7 Å². The third kappa shape index (κ3) is 3.85. The van der Waals surface area contributed by atoms with Gasteiger partial charge < -0.3 is 14.5 Å². The Morgan fingerprint density at radius 3 is 2.43 bits per heavy atom. The third-order valence-corrected chi connectivity index (χ3v) is 5.01. The van der Waals surface area contributed by atoms with E-state index in [0.29, 0.717) is 6.54 Å². The molecule has 2 aliphatic heterocycles. The first-order valence-electron chi connectivity index (χ1n) is 8.54. The molecule has 0 atom stereocenters. The number of aryl methyl sites for hydroxylation is 1. The highest BCUT2D eigenvalue weighted by molar-refractivity contribution is 5.78. The van der Waals surface area contributed by atoms with Gasteiger partial charge in [0.15, 0.2) is 0 Å². The molecule has 5 nitrogen and oxygen atoms in total. The van der Waals surface area contributed by atoms with Crippen molar-refractivity contribution in [2.24, 2.45) is 0 Å². The van der Waals surface area contributed by atoms with Crippen LogP contribution in [0.2, 0.25) is 0 Å². The van der Waals surface area contributed by atoms with Gasteiger partial charge in [-0.2, -0.15) is 0 Å². The molecule has 126 valence electrons.